The Morgan fingerprint density at radius 3 is 2.33 bits per heavy atom. The van der Waals surface area contributed by atoms with E-state index in [1.807, 2.05) is 0 Å². The molecule has 0 heterocycles. The van der Waals surface area contributed by atoms with E-state index in [0.717, 1.165) is 24.3 Å². The van der Waals surface area contributed by atoms with Crippen molar-refractivity contribution in [3.05, 3.63) is 59.7 Å². The van der Waals surface area contributed by atoms with E-state index in [1.54, 1.807) is 0 Å². The van der Waals surface area contributed by atoms with E-state index >= 15 is 0 Å². The maximum Gasteiger partial charge on any atom is 0.416 e. The van der Waals surface area contributed by atoms with Crippen LogP contribution in [0.5, 0.6) is 0 Å². The molecule has 0 aliphatic rings. The van der Waals surface area contributed by atoms with Crippen LogP contribution < -0.4 is 0 Å². The normalized spacial score (nSPS) is 11.6. The molecule has 0 spiro atoms. The minimum atomic E-state index is -4.55. The third kappa shape index (κ3) is 2.34. The van der Waals surface area contributed by atoms with E-state index < -0.39 is 28.9 Å². The molecule has 0 aliphatic heterocycles. The first-order chi connectivity index (χ1) is 8.39. The van der Waals surface area contributed by atoms with Gasteiger partial charge in [0.25, 0.3) is 0 Å². The predicted molar refractivity (Wildman–Crippen MR) is 55.6 cm³/mol. The topological polar surface area (TPSA) is 0 Å². The van der Waals surface area contributed by atoms with Crippen molar-refractivity contribution >= 4 is 0 Å². The summed E-state index contributed by atoms with van der Waals surface area (Å²) in [6.45, 7) is 0. The number of halogens is 5. The Morgan fingerprint density at radius 1 is 1.00 bits per heavy atom. The zero-order valence-electron chi connectivity index (χ0n) is 8.85. The molecule has 5 heteroatoms. The van der Waals surface area contributed by atoms with Crippen molar-refractivity contribution in [3.8, 4) is 11.1 Å². The zero-order valence-corrected chi connectivity index (χ0v) is 8.85. The molecule has 18 heavy (non-hydrogen) atoms. The van der Waals surface area contributed by atoms with Crippen molar-refractivity contribution < 1.29 is 22.0 Å². The van der Waals surface area contributed by atoms with Gasteiger partial charge in [-0.25, -0.2) is 8.78 Å². The fourth-order valence-corrected chi connectivity index (χ4v) is 1.56. The molecular formula is C13H6F5. The first-order valence-corrected chi connectivity index (χ1v) is 4.93. The monoisotopic (exact) mass is 257 g/mol. The Balaban J connectivity index is 2.59. The minimum absolute atomic E-state index is 0.170. The third-order valence-electron chi connectivity index (χ3n) is 2.38. The second-order valence-electron chi connectivity index (χ2n) is 3.59. The average Bonchev–Trinajstić information content (AvgIpc) is 2.28. The molecule has 2 aromatic rings. The maximum atomic E-state index is 13.4. The van der Waals surface area contributed by atoms with E-state index in [9.17, 15) is 22.0 Å². The van der Waals surface area contributed by atoms with Gasteiger partial charge in [-0.3, -0.25) is 0 Å². The number of alkyl halides is 3. The Morgan fingerprint density at radius 2 is 1.72 bits per heavy atom. The van der Waals surface area contributed by atoms with Crippen molar-refractivity contribution in [2.75, 3.05) is 0 Å². The van der Waals surface area contributed by atoms with E-state index in [0.29, 0.717) is 6.07 Å². The lowest BCUT2D eigenvalue weighted by Gasteiger charge is -2.09. The van der Waals surface area contributed by atoms with Gasteiger partial charge in [0.1, 0.15) is 11.6 Å². The molecule has 0 atom stereocenters. The van der Waals surface area contributed by atoms with Gasteiger partial charge in [0.2, 0.25) is 0 Å². The number of benzene rings is 2. The first kappa shape index (κ1) is 12.5. The standard InChI is InChI=1S/C13H6F5/c14-10-5-2-6-11(15)12(10)8-3-1-4-9(7-8)13(16,17)18/h1-5,7H. The van der Waals surface area contributed by atoms with E-state index in [-0.39, 0.29) is 5.56 Å². The lowest BCUT2D eigenvalue weighted by Crippen LogP contribution is -2.04. The van der Waals surface area contributed by atoms with E-state index in [2.05, 4.69) is 6.07 Å². The Bertz CT molecular complexity index is 552. The van der Waals surface area contributed by atoms with Gasteiger partial charge < -0.3 is 0 Å². The van der Waals surface area contributed by atoms with Crippen LogP contribution in [0.2, 0.25) is 0 Å². The zero-order chi connectivity index (χ0) is 13.3. The molecule has 0 aliphatic carbocycles. The van der Waals surface area contributed by atoms with Gasteiger partial charge in [-0.15, -0.1) is 0 Å². The summed E-state index contributed by atoms with van der Waals surface area (Å²) in [4.78, 5) is 0. The highest BCUT2D eigenvalue weighted by Gasteiger charge is 2.30. The molecule has 93 valence electrons. The summed E-state index contributed by atoms with van der Waals surface area (Å²) in [5.74, 6) is -1.94. The molecule has 1 radical (unpaired) electrons. The second-order valence-corrected chi connectivity index (χ2v) is 3.59. The van der Waals surface area contributed by atoms with E-state index in [4.69, 9.17) is 0 Å². The summed E-state index contributed by atoms with van der Waals surface area (Å²) < 4.78 is 64.3. The molecule has 0 unspecified atom stereocenters. The van der Waals surface area contributed by atoms with Crippen LogP contribution >= 0.6 is 0 Å². The quantitative estimate of drug-likeness (QED) is 0.662. The molecule has 0 saturated heterocycles. The predicted octanol–water partition coefficient (Wildman–Crippen LogP) is 4.45. The van der Waals surface area contributed by atoms with Crippen molar-refractivity contribution in [3.63, 3.8) is 0 Å². The smallest absolute Gasteiger partial charge is 0.206 e. The summed E-state index contributed by atoms with van der Waals surface area (Å²) in [7, 11) is 0. The first-order valence-electron chi connectivity index (χ1n) is 4.93. The lowest BCUT2D eigenvalue weighted by molar-refractivity contribution is -0.137. The highest BCUT2D eigenvalue weighted by Crippen LogP contribution is 2.33. The van der Waals surface area contributed by atoms with Gasteiger partial charge in [0.05, 0.1) is 11.1 Å². The SMILES string of the molecule is Fc1[c]ccc(F)c1-c1cccc(C(F)(F)F)c1. The largest absolute Gasteiger partial charge is 0.416 e. The van der Waals surface area contributed by atoms with Gasteiger partial charge >= 0.3 is 6.18 Å². The second kappa shape index (κ2) is 4.40. The number of rotatable bonds is 1. The van der Waals surface area contributed by atoms with Gasteiger partial charge in [-0.05, 0) is 29.8 Å². The van der Waals surface area contributed by atoms with Gasteiger partial charge in [-0.1, -0.05) is 12.1 Å². The molecule has 0 aromatic heterocycles. The molecule has 0 fully saturated rings. The highest BCUT2D eigenvalue weighted by molar-refractivity contribution is 5.65. The molecule has 0 saturated carbocycles. The molecule has 0 amide bonds. The third-order valence-corrected chi connectivity index (χ3v) is 2.38. The summed E-state index contributed by atoms with van der Waals surface area (Å²) in [5.41, 5.74) is -1.64. The highest BCUT2D eigenvalue weighted by atomic mass is 19.4. The van der Waals surface area contributed by atoms with Crippen molar-refractivity contribution in [2.45, 2.75) is 6.18 Å². The summed E-state index contributed by atoms with van der Waals surface area (Å²) in [5, 5.41) is 0. The Kier molecular flexibility index (Phi) is 3.07. The maximum absolute atomic E-state index is 13.4. The molecule has 0 bridgehead atoms. The van der Waals surface area contributed by atoms with Crippen LogP contribution in [0.25, 0.3) is 11.1 Å². The minimum Gasteiger partial charge on any atom is -0.206 e. The Hall–Kier alpha value is -1.91. The average molecular weight is 257 g/mol. The van der Waals surface area contributed by atoms with E-state index in [1.165, 1.54) is 6.07 Å². The fourth-order valence-electron chi connectivity index (χ4n) is 1.56. The fraction of sp³-hybridized carbons (Fsp3) is 0.0769. The van der Waals surface area contributed by atoms with Gasteiger partial charge in [-0.2, -0.15) is 13.2 Å². The van der Waals surface area contributed by atoms with Gasteiger partial charge in [0.15, 0.2) is 0 Å². The molecule has 0 nitrogen and oxygen atoms in total. The number of hydrogen-bond acceptors (Lipinski definition) is 0. The van der Waals surface area contributed by atoms with Crippen LogP contribution in [0, 0.1) is 17.7 Å². The van der Waals surface area contributed by atoms with Gasteiger partial charge in [0, 0.05) is 6.07 Å². The van der Waals surface area contributed by atoms with Crippen LogP contribution in [-0.2, 0) is 6.18 Å². The molecule has 2 rings (SSSR count). The van der Waals surface area contributed by atoms with Crippen LogP contribution in [0.15, 0.2) is 36.4 Å². The lowest BCUT2D eigenvalue weighted by atomic mass is 10.0. The van der Waals surface area contributed by atoms with Crippen LogP contribution in [0.3, 0.4) is 0 Å². The van der Waals surface area contributed by atoms with Crippen molar-refractivity contribution in [2.24, 2.45) is 0 Å². The van der Waals surface area contributed by atoms with Crippen molar-refractivity contribution in [1.82, 2.24) is 0 Å². The summed E-state index contributed by atoms with van der Waals surface area (Å²) in [6, 6.07) is 7.94. The summed E-state index contributed by atoms with van der Waals surface area (Å²) >= 11 is 0. The van der Waals surface area contributed by atoms with Crippen LogP contribution in [0.1, 0.15) is 5.56 Å². The molecule has 0 N–H and O–H groups in total. The van der Waals surface area contributed by atoms with Crippen molar-refractivity contribution in [1.29, 1.82) is 0 Å². The molecule has 2 aromatic carbocycles. The van der Waals surface area contributed by atoms with Crippen LogP contribution in [0.4, 0.5) is 22.0 Å². The Labute approximate surface area is 99.7 Å². The number of hydrogen-bond donors (Lipinski definition) is 0. The molecular weight excluding hydrogens is 251 g/mol. The summed E-state index contributed by atoms with van der Waals surface area (Å²) in [6.07, 6.45) is -4.55. The van der Waals surface area contributed by atoms with Crippen LogP contribution in [-0.4, -0.2) is 0 Å².